The number of hydrogen-bond donors (Lipinski definition) is 2. The first-order valence-corrected chi connectivity index (χ1v) is 9.03. The van der Waals surface area contributed by atoms with Crippen LogP contribution in [-0.4, -0.2) is 52.9 Å². The van der Waals surface area contributed by atoms with Crippen LogP contribution in [0.3, 0.4) is 0 Å². The number of ether oxygens (including phenoxy) is 1. The van der Waals surface area contributed by atoms with Gasteiger partial charge in [-0.2, -0.15) is 4.98 Å². The molecule has 1 aliphatic heterocycles. The lowest BCUT2D eigenvalue weighted by molar-refractivity contribution is -0.111. The Morgan fingerprint density at radius 1 is 1.43 bits per heavy atom. The monoisotopic (exact) mass is 401 g/mol. The summed E-state index contributed by atoms with van der Waals surface area (Å²) in [4.78, 5) is 34.3. The number of amides is 2. The van der Waals surface area contributed by atoms with E-state index in [-0.39, 0.29) is 17.9 Å². The second-order valence-corrected chi connectivity index (χ2v) is 6.61. The molecule has 0 bridgehead atoms. The molecule has 9 heteroatoms. The Morgan fingerprint density at radius 3 is 3.00 bits per heavy atom. The van der Waals surface area contributed by atoms with Gasteiger partial charge in [0.25, 0.3) is 5.91 Å². The molecule has 1 aromatic heterocycles. The van der Waals surface area contributed by atoms with Gasteiger partial charge < -0.3 is 20.3 Å². The molecule has 28 heavy (non-hydrogen) atoms. The van der Waals surface area contributed by atoms with Crippen molar-refractivity contribution in [1.29, 1.82) is 0 Å². The van der Waals surface area contributed by atoms with E-state index in [0.29, 0.717) is 41.2 Å². The van der Waals surface area contributed by atoms with Crippen LogP contribution in [0.2, 0.25) is 5.02 Å². The standard InChI is InChI=1S/C19H20ClN5O3/c1-3-16(26)22-13-6-4-5-12(9-13)18(27)25-8-7-14(11-25)23-19-21-10-15(20)17(24-19)28-2/h3-6,9-10,14H,1,7-8,11H2,2H3,(H,22,26)(H,21,23,24). The van der Waals surface area contributed by atoms with Gasteiger partial charge in [-0.05, 0) is 30.7 Å². The number of anilines is 2. The molecule has 2 aromatic rings. The van der Waals surface area contributed by atoms with Crippen molar-refractivity contribution in [2.45, 2.75) is 12.5 Å². The molecule has 2 heterocycles. The van der Waals surface area contributed by atoms with Gasteiger partial charge in [-0.3, -0.25) is 9.59 Å². The first-order valence-electron chi connectivity index (χ1n) is 8.66. The predicted octanol–water partition coefficient (Wildman–Crippen LogP) is 2.59. The fourth-order valence-corrected chi connectivity index (χ4v) is 3.08. The fraction of sp³-hybridized carbons (Fsp3) is 0.263. The van der Waals surface area contributed by atoms with Crippen molar-refractivity contribution < 1.29 is 14.3 Å². The Hall–Kier alpha value is -3.13. The zero-order chi connectivity index (χ0) is 20.1. The van der Waals surface area contributed by atoms with Gasteiger partial charge in [-0.25, -0.2) is 4.98 Å². The molecule has 0 spiro atoms. The highest BCUT2D eigenvalue weighted by atomic mass is 35.5. The molecule has 1 aliphatic rings. The Bertz CT molecular complexity index is 905. The third-order valence-electron chi connectivity index (χ3n) is 4.28. The van der Waals surface area contributed by atoms with Gasteiger partial charge in [0.1, 0.15) is 5.02 Å². The summed E-state index contributed by atoms with van der Waals surface area (Å²) in [7, 11) is 1.49. The van der Waals surface area contributed by atoms with Crippen molar-refractivity contribution >= 4 is 35.1 Å². The summed E-state index contributed by atoms with van der Waals surface area (Å²) in [5, 5.41) is 6.19. The lowest BCUT2D eigenvalue weighted by Gasteiger charge is -2.18. The molecule has 1 fully saturated rings. The molecule has 2 amide bonds. The number of carbonyl (C=O) groups excluding carboxylic acids is 2. The van der Waals surface area contributed by atoms with Gasteiger partial charge in [0, 0.05) is 30.4 Å². The van der Waals surface area contributed by atoms with E-state index in [2.05, 4.69) is 27.2 Å². The van der Waals surface area contributed by atoms with Crippen LogP contribution in [0, 0.1) is 0 Å². The minimum Gasteiger partial charge on any atom is -0.480 e. The van der Waals surface area contributed by atoms with Crippen LogP contribution in [0.5, 0.6) is 5.88 Å². The Morgan fingerprint density at radius 2 is 2.25 bits per heavy atom. The zero-order valence-corrected chi connectivity index (χ0v) is 16.1. The number of methoxy groups -OCH3 is 1. The van der Waals surface area contributed by atoms with E-state index >= 15 is 0 Å². The van der Waals surface area contributed by atoms with Crippen molar-refractivity contribution in [3.8, 4) is 5.88 Å². The van der Waals surface area contributed by atoms with Crippen molar-refractivity contribution in [3.05, 3.63) is 53.7 Å². The van der Waals surface area contributed by atoms with Crippen LogP contribution in [0.25, 0.3) is 0 Å². The van der Waals surface area contributed by atoms with Crippen LogP contribution >= 0.6 is 11.6 Å². The lowest BCUT2D eigenvalue weighted by Crippen LogP contribution is -2.32. The summed E-state index contributed by atoms with van der Waals surface area (Å²) in [5.74, 6) is 0.264. The van der Waals surface area contributed by atoms with Crippen molar-refractivity contribution in [2.75, 3.05) is 30.8 Å². The summed E-state index contributed by atoms with van der Waals surface area (Å²) < 4.78 is 5.09. The maximum absolute atomic E-state index is 12.8. The summed E-state index contributed by atoms with van der Waals surface area (Å²) in [6.07, 6.45) is 3.41. The van der Waals surface area contributed by atoms with Crippen LogP contribution in [-0.2, 0) is 4.79 Å². The number of halogens is 1. The van der Waals surface area contributed by atoms with Crippen molar-refractivity contribution in [1.82, 2.24) is 14.9 Å². The Balaban J connectivity index is 1.63. The third kappa shape index (κ3) is 4.58. The quantitative estimate of drug-likeness (QED) is 0.722. The molecule has 8 nitrogen and oxygen atoms in total. The first-order chi connectivity index (χ1) is 13.5. The highest BCUT2D eigenvalue weighted by Gasteiger charge is 2.27. The van der Waals surface area contributed by atoms with E-state index in [1.807, 2.05) is 0 Å². The summed E-state index contributed by atoms with van der Waals surface area (Å²) in [5.41, 5.74) is 1.05. The van der Waals surface area contributed by atoms with Gasteiger partial charge in [0.15, 0.2) is 0 Å². The highest BCUT2D eigenvalue weighted by molar-refractivity contribution is 6.31. The second-order valence-electron chi connectivity index (χ2n) is 6.21. The summed E-state index contributed by atoms with van der Waals surface area (Å²) in [6, 6.07) is 6.83. The number of likely N-dealkylation sites (tertiary alicyclic amines) is 1. The van der Waals surface area contributed by atoms with E-state index in [4.69, 9.17) is 16.3 Å². The van der Waals surface area contributed by atoms with Crippen LogP contribution < -0.4 is 15.4 Å². The first kappa shape index (κ1) is 19.6. The maximum Gasteiger partial charge on any atom is 0.254 e. The van der Waals surface area contributed by atoms with Gasteiger partial charge >= 0.3 is 0 Å². The SMILES string of the molecule is C=CC(=O)Nc1cccc(C(=O)N2CCC(Nc3ncc(Cl)c(OC)n3)C2)c1. The molecule has 2 N–H and O–H groups in total. The lowest BCUT2D eigenvalue weighted by atomic mass is 10.1. The normalized spacial score (nSPS) is 15.8. The number of nitrogens with one attached hydrogen (secondary N) is 2. The van der Waals surface area contributed by atoms with Crippen LogP contribution in [0.1, 0.15) is 16.8 Å². The molecule has 3 rings (SSSR count). The minimum absolute atomic E-state index is 0.0125. The Kier molecular flexibility index (Phi) is 6.10. The largest absolute Gasteiger partial charge is 0.480 e. The summed E-state index contributed by atoms with van der Waals surface area (Å²) in [6.45, 7) is 4.53. The molecular formula is C19H20ClN5O3. The number of carbonyl (C=O) groups is 2. The molecule has 1 saturated heterocycles. The van der Waals surface area contributed by atoms with Crippen molar-refractivity contribution in [3.63, 3.8) is 0 Å². The van der Waals surface area contributed by atoms with E-state index in [9.17, 15) is 9.59 Å². The molecule has 0 saturated carbocycles. The van der Waals surface area contributed by atoms with Gasteiger partial charge in [-0.15, -0.1) is 0 Å². The van der Waals surface area contributed by atoms with E-state index < -0.39 is 0 Å². The topological polar surface area (TPSA) is 96.5 Å². The zero-order valence-electron chi connectivity index (χ0n) is 15.3. The molecule has 0 aliphatic carbocycles. The minimum atomic E-state index is -0.326. The molecule has 1 unspecified atom stereocenters. The van der Waals surface area contributed by atoms with E-state index in [1.54, 1.807) is 29.2 Å². The number of hydrogen-bond acceptors (Lipinski definition) is 6. The van der Waals surface area contributed by atoms with Crippen LogP contribution in [0.15, 0.2) is 43.1 Å². The summed E-state index contributed by atoms with van der Waals surface area (Å²) >= 11 is 5.94. The second kappa shape index (κ2) is 8.71. The molecule has 1 aromatic carbocycles. The van der Waals surface area contributed by atoms with Gasteiger partial charge in [0.2, 0.25) is 17.7 Å². The van der Waals surface area contributed by atoms with Gasteiger partial charge in [-0.1, -0.05) is 24.2 Å². The molecule has 0 radical (unpaired) electrons. The molecular weight excluding hydrogens is 382 g/mol. The molecule has 146 valence electrons. The number of rotatable bonds is 6. The maximum atomic E-state index is 12.8. The Labute approximate surface area is 167 Å². The van der Waals surface area contributed by atoms with Gasteiger partial charge in [0.05, 0.1) is 13.3 Å². The number of aromatic nitrogens is 2. The molecule has 1 atom stereocenters. The van der Waals surface area contributed by atoms with E-state index in [1.165, 1.54) is 19.4 Å². The van der Waals surface area contributed by atoms with Crippen molar-refractivity contribution in [2.24, 2.45) is 0 Å². The number of benzene rings is 1. The smallest absolute Gasteiger partial charge is 0.254 e. The average molecular weight is 402 g/mol. The van der Waals surface area contributed by atoms with Crippen LogP contribution in [0.4, 0.5) is 11.6 Å². The van der Waals surface area contributed by atoms with E-state index in [0.717, 1.165) is 6.42 Å². The third-order valence-corrected chi connectivity index (χ3v) is 4.54. The average Bonchev–Trinajstić information content (AvgIpc) is 3.17. The highest BCUT2D eigenvalue weighted by Crippen LogP contribution is 2.23. The predicted molar refractivity (Wildman–Crippen MR) is 107 cm³/mol. The number of nitrogens with zero attached hydrogens (tertiary/aromatic N) is 3. The fourth-order valence-electron chi connectivity index (χ4n) is 2.92.